The molecule has 0 saturated heterocycles. The summed E-state index contributed by atoms with van der Waals surface area (Å²) < 4.78 is 6.25. The Hall–Kier alpha value is -1.89. The highest BCUT2D eigenvalue weighted by atomic mass is 16.5. The Balaban J connectivity index is 2.82. The molecule has 0 aliphatic carbocycles. The second kappa shape index (κ2) is 6.00. The van der Waals surface area contributed by atoms with E-state index in [2.05, 4.69) is 10.4 Å². The third-order valence-corrected chi connectivity index (χ3v) is 2.17. The van der Waals surface area contributed by atoms with E-state index in [9.17, 15) is 14.7 Å². The van der Waals surface area contributed by atoms with Crippen LogP contribution in [0.15, 0.2) is 12.4 Å². The Morgan fingerprint density at radius 1 is 1.76 bits per heavy atom. The molecule has 1 aromatic rings. The summed E-state index contributed by atoms with van der Waals surface area (Å²) >= 11 is 0. The minimum absolute atomic E-state index is 0.176. The lowest BCUT2D eigenvalue weighted by Crippen LogP contribution is -2.42. The molecular weight excluding hydrogens is 226 g/mol. The van der Waals surface area contributed by atoms with Gasteiger partial charge in [0.15, 0.2) is 6.04 Å². The summed E-state index contributed by atoms with van der Waals surface area (Å²) in [5.41, 5.74) is 0.430. The molecule has 2 N–H and O–H groups in total. The highest BCUT2D eigenvalue weighted by Crippen LogP contribution is 2.16. The van der Waals surface area contributed by atoms with Gasteiger partial charge < -0.3 is 15.2 Å². The minimum Gasteiger partial charge on any atom is -0.464 e. The fraction of sp³-hybridized carbons (Fsp3) is 0.500. The van der Waals surface area contributed by atoms with Gasteiger partial charge in [-0.25, -0.2) is 4.79 Å². The first kappa shape index (κ1) is 13.2. The van der Waals surface area contributed by atoms with E-state index >= 15 is 0 Å². The molecule has 2 unspecified atom stereocenters. The van der Waals surface area contributed by atoms with Gasteiger partial charge in [-0.15, -0.1) is 0 Å². The number of aliphatic hydroxyl groups excluding tert-OH is 1. The lowest BCUT2D eigenvalue weighted by molar-refractivity contribution is -0.149. The van der Waals surface area contributed by atoms with Crippen molar-refractivity contribution in [1.29, 1.82) is 0 Å². The molecule has 0 saturated carbocycles. The van der Waals surface area contributed by atoms with E-state index in [-0.39, 0.29) is 6.61 Å². The number of carbonyl (C=O) groups excluding carboxylic acids is 2. The second-order valence-electron chi connectivity index (χ2n) is 3.41. The van der Waals surface area contributed by atoms with E-state index in [1.807, 2.05) is 0 Å². The highest BCUT2D eigenvalue weighted by Gasteiger charge is 2.29. The summed E-state index contributed by atoms with van der Waals surface area (Å²) in [6, 6.07) is -1.13. The molecule has 1 heterocycles. The molecule has 0 aliphatic heterocycles. The molecule has 7 heteroatoms. The maximum absolute atomic E-state index is 11.5. The van der Waals surface area contributed by atoms with Crippen LogP contribution in [0.3, 0.4) is 0 Å². The number of nitrogens with one attached hydrogen (secondary N) is 1. The first-order valence-corrected chi connectivity index (χ1v) is 5.13. The average Bonchev–Trinajstić information content (AvgIpc) is 2.72. The van der Waals surface area contributed by atoms with Crippen LogP contribution in [-0.2, 0) is 21.4 Å². The number of aliphatic hydroxyl groups is 1. The molecule has 7 nitrogen and oxygen atoms in total. The molecule has 1 amide bonds. The molecular formula is C10H15N3O4. The Bertz CT molecular complexity index is 391. The zero-order chi connectivity index (χ0) is 12.8. The van der Waals surface area contributed by atoms with E-state index < -0.39 is 18.1 Å². The quantitative estimate of drug-likeness (QED) is 0.499. The van der Waals surface area contributed by atoms with Gasteiger partial charge in [0.2, 0.25) is 6.41 Å². The van der Waals surface area contributed by atoms with Crippen molar-refractivity contribution in [3.8, 4) is 0 Å². The molecule has 0 bridgehead atoms. The normalized spacial score (nSPS) is 13.8. The highest BCUT2D eigenvalue weighted by molar-refractivity contribution is 5.79. The van der Waals surface area contributed by atoms with E-state index in [0.717, 1.165) is 0 Å². The number of nitrogens with zero attached hydrogens (tertiary/aromatic N) is 2. The van der Waals surface area contributed by atoms with E-state index in [0.29, 0.717) is 12.0 Å². The summed E-state index contributed by atoms with van der Waals surface area (Å²) in [6.07, 6.45) is 2.14. The molecule has 0 aromatic carbocycles. The SMILES string of the molecule is CCOC(=O)C(NC=O)C(O)c1cnn(C)c1. The number of amides is 1. The molecule has 0 spiro atoms. The fourth-order valence-electron chi connectivity index (χ4n) is 1.38. The fourth-order valence-corrected chi connectivity index (χ4v) is 1.38. The number of rotatable bonds is 6. The van der Waals surface area contributed by atoms with Gasteiger partial charge in [-0.05, 0) is 6.92 Å². The van der Waals surface area contributed by atoms with Crippen molar-refractivity contribution in [2.24, 2.45) is 7.05 Å². The van der Waals surface area contributed by atoms with Crippen molar-refractivity contribution >= 4 is 12.4 Å². The van der Waals surface area contributed by atoms with Crippen molar-refractivity contribution in [2.75, 3.05) is 6.61 Å². The lowest BCUT2D eigenvalue weighted by Gasteiger charge is -2.19. The van der Waals surface area contributed by atoms with Crippen LogP contribution in [0.4, 0.5) is 0 Å². The van der Waals surface area contributed by atoms with Gasteiger partial charge in [0.05, 0.1) is 12.8 Å². The summed E-state index contributed by atoms with van der Waals surface area (Å²) in [5.74, 6) is -0.684. The smallest absolute Gasteiger partial charge is 0.331 e. The zero-order valence-electron chi connectivity index (χ0n) is 9.66. The Kier molecular flexibility index (Phi) is 4.65. The van der Waals surface area contributed by atoms with Gasteiger partial charge in [-0.3, -0.25) is 9.48 Å². The van der Waals surface area contributed by atoms with E-state index in [1.165, 1.54) is 10.9 Å². The lowest BCUT2D eigenvalue weighted by atomic mass is 10.1. The Morgan fingerprint density at radius 2 is 2.47 bits per heavy atom. The van der Waals surface area contributed by atoms with Crippen LogP contribution in [0, 0.1) is 0 Å². The minimum atomic E-state index is -1.19. The van der Waals surface area contributed by atoms with Gasteiger partial charge in [-0.1, -0.05) is 0 Å². The van der Waals surface area contributed by atoms with Crippen LogP contribution >= 0.6 is 0 Å². The van der Waals surface area contributed by atoms with Gasteiger partial charge in [-0.2, -0.15) is 5.10 Å². The summed E-state index contributed by atoms with van der Waals surface area (Å²) in [6.45, 7) is 1.82. The van der Waals surface area contributed by atoms with Crippen LogP contribution in [0.2, 0.25) is 0 Å². The molecule has 94 valence electrons. The monoisotopic (exact) mass is 241 g/mol. The Morgan fingerprint density at radius 3 is 2.94 bits per heavy atom. The molecule has 1 aromatic heterocycles. The predicted molar refractivity (Wildman–Crippen MR) is 57.8 cm³/mol. The van der Waals surface area contributed by atoms with Crippen LogP contribution in [0.5, 0.6) is 0 Å². The summed E-state index contributed by atoms with van der Waals surface area (Å²) in [5, 5.41) is 16.1. The Labute approximate surface area is 98.4 Å². The van der Waals surface area contributed by atoms with Crippen molar-refractivity contribution in [3.63, 3.8) is 0 Å². The molecule has 17 heavy (non-hydrogen) atoms. The number of hydrogen-bond acceptors (Lipinski definition) is 5. The predicted octanol–water partition coefficient (Wildman–Crippen LogP) is -0.869. The number of esters is 1. The summed E-state index contributed by atoms with van der Waals surface area (Å²) in [4.78, 5) is 21.9. The maximum atomic E-state index is 11.5. The second-order valence-corrected chi connectivity index (χ2v) is 3.41. The number of ether oxygens (including phenoxy) is 1. The number of aryl methyl sites for hydroxylation is 1. The molecule has 1 rings (SSSR count). The maximum Gasteiger partial charge on any atom is 0.331 e. The third kappa shape index (κ3) is 3.28. The largest absolute Gasteiger partial charge is 0.464 e. The first-order chi connectivity index (χ1) is 8.10. The number of aromatic nitrogens is 2. The molecule has 0 fully saturated rings. The molecule has 0 aliphatic rings. The standard InChI is InChI=1S/C10H15N3O4/c1-3-17-10(16)8(11-6-14)9(15)7-4-12-13(2)5-7/h4-6,8-9,15H,3H2,1-2H3,(H,11,14). The van der Waals surface area contributed by atoms with Crippen LogP contribution in [-0.4, -0.2) is 39.9 Å². The van der Waals surface area contributed by atoms with Gasteiger partial charge in [0.1, 0.15) is 6.10 Å². The van der Waals surface area contributed by atoms with Crippen LogP contribution < -0.4 is 5.32 Å². The van der Waals surface area contributed by atoms with Crippen molar-refractivity contribution in [2.45, 2.75) is 19.1 Å². The first-order valence-electron chi connectivity index (χ1n) is 5.13. The molecule has 2 atom stereocenters. The topological polar surface area (TPSA) is 93.4 Å². The van der Waals surface area contributed by atoms with E-state index in [4.69, 9.17) is 4.74 Å². The van der Waals surface area contributed by atoms with Crippen molar-refractivity contribution in [1.82, 2.24) is 15.1 Å². The number of hydrogen-bond donors (Lipinski definition) is 2. The van der Waals surface area contributed by atoms with Gasteiger partial charge in [0.25, 0.3) is 0 Å². The van der Waals surface area contributed by atoms with Gasteiger partial charge in [0, 0.05) is 18.8 Å². The zero-order valence-corrected chi connectivity index (χ0v) is 9.66. The molecule has 0 radical (unpaired) electrons. The number of carbonyl (C=O) groups is 2. The van der Waals surface area contributed by atoms with Crippen LogP contribution in [0.25, 0.3) is 0 Å². The third-order valence-electron chi connectivity index (χ3n) is 2.17. The average molecular weight is 241 g/mol. The van der Waals surface area contributed by atoms with E-state index in [1.54, 1.807) is 20.2 Å². The van der Waals surface area contributed by atoms with Crippen molar-refractivity contribution in [3.05, 3.63) is 18.0 Å². The van der Waals surface area contributed by atoms with Crippen LogP contribution in [0.1, 0.15) is 18.6 Å². The van der Waals surface area contributed by atoms with Gasteiger partial charge >= 0.3 is 5.97 Å². The summed E-state index contributed by atoms with van der Waals surface area (Å²) in [7, 11) is 1.68. The van der Waals surface area contributed by atoms with Crippen molar-refractivity contribution < 1.29 is 19.4 Å².